The maximum Gasteiger partial charge on any atom is 0.0589 e. The molecule has 0 aliphatic rings. The van der Waals surface area contributed by atoms with Gasteiger partial charge in [0.2, 0.25) is 0 Å². The Balaban J connectivity index is 3.53. The first-order chi connectivity index (χ1) is 6.20. The van der Waals surface area contributed by atoms with Gasteiger partial charge in [0.25, 0.3) is 0 Å². The molecule has 0 unspecified atom stereocenters. The van der Waals surface area contributed by atoms with Gasteiger partial charge in [-0.3, -0.25) is 4.90 Å². The van der Waals surface area contributed by atoms with E-state index in [2.05, 4.69) is 18.7 Å². The third-order valence-electron chi connectivity index (χ3n) is 2.05. The van der Waals surface area contributed by atoms with Crippen LogP contribution in [0.25, 0.3) is 0 Å². The van der Waals surface area contributed by atoms with E-state index in [1.807, 2.05) is 0 Å². The van der Waals surface area contributed by atoms with Gasteiger partial charge in [-0.25, -0.2) is 0 Å². The average molecular weight is 189 g/mol. The second kappa shape index (κ2) is 8.48. The molecule has 0 aromatic rings. The maximum absolute atomic E-state index is 8.82. The minimum Gasteiger partial charge on any atom is -0.395 e. The standard InChI is InChI=1S/C10H23NO2/c1-10(2)4-5-11(6-8-12)7-9-13-3/h10,12H,4-9H2,1-3H3. The van der Waals surface area contributed by atoms with Crippen molar-refractivity contribution in [2.45, 2.75) is 20.3 Å². The summed E-state index contributed by atoms with van der Waals surface area (Å²) in [5.74, 6) is 0.726. The molecule has 80 valence electrons. The Hall–Kier alpha value is -0.120. The van der Waals surface area contributed by atoms with Gasteiger partial charge in [-0.15, -0.1) is 0 Å². The number of rotatable bonds is 8. The molecular formula is C10H23NO2. The molecule has 0 aromatic carbocycles. The van der Waals surface area contributed by atoms with E-state index in [-0.39, 0.29) is 6.61 Å². The molecule has 0 bridgehead atoms. The number of hydrogen-bond acceptors (Lipinski definition) is 3. The molecule has 0 amide bonds. The van der Waals surface area contributed by atoms with Crippen molar-refractivity contribution in [3.8, 4) is 0 Å². The van der Waals surface area contributed by atoms with E-state index in [0.717, 1.165) is 32.2 Å². The summed E-state index contributed by atoms with van der Waals surface area (Å²) < 4.78 is 5.00. The lowest BCUT2D eigenvalue weighted by Gasteiger charge is -2.21. The van der Waals surface area contributed by atoms with Crippen molar-refractivity contribution in [2.75, 3.05) is 40.0 Å². The van der Waals surface area contributed by atoms with Gasteiger partial charge < -0.3 is 9.84 Å². The Morgan fingerprint density at radius 3 is 2.38 bits per heavy atom. The van der Waals surface area contributed by atoms with Gasteiger partial charge in [0.05, 0.1) is 13.2 Å². The van der Waals surface area contributed by atoms with Gasteiger partial charge >= 0.3 is 0 Å². The summed E-state index contributed by atoms with van der Waals surface area (Å²) in [5.41, 5.74) is 0. The van der Waals surface area contributed by atoms with Gasteiger partial charge in [-0.05, 0) is 18.9 Å². The van der Waals surface area contributed by atoms with Crippen LogP contribution in [0, 0.1) is 5.92 Å². The summed E-state index contributed by atoms with van der Waals surface area (Å²) in [6.45, 7) is 8.16. The molecular weight excluding hydrogens is 166 g/mol. The normalized spacial score (nSPS) is 11.5. The Kier molecular flexibility index (Phi) is 8.40. The zero-order valence-corrected chi connectivity index (χ0v) is 9.12. The van der Waals surface area contributed by atoms with E-state index >= 15 is 0 Å². The number of ether oxygens (including phenoxy) is 1. The SMILES string of the molecule is COCCN(CCO)CCC(C)C. The maximum atomic E-state index is 8.82. The van der Waals surface area contributed by atoms with Crippen molar-refractivity contribution < 1.29 is 9.84 Å². The number of methoxy groups -OCH3 is 1. The second-order valence-electron chi connectivity index (χ2n) is 3.74. The van der Waals surface area contributed by atoms with Crippen molar-refractivity contribution in [1.29, 1.82) is 0 Å². The molecule has 0 fully saturated rings. The lowest BCUT2D eigenvalue weighted by atomic mass is 10.1. The van der Waals surface area contributed by atoms with Gasteiger partial charge in [-0.2, -0.15) is 0 Å². The molecule has 0 heterocycles. The third kappa shape index (κ3) is 8.22. The van der Waals surface area contributed by atoms with Crippen LogP contribution < -0.4 is 0 Å². The molecule has 0 saturated carbocycles. The molecule has 0 aromatic heterocycles. The molecule has 0 saturated heterocycles. The molecule has 0 aliphatic heterocycles. The number of nitrogens with zero attached hydrogens (tertiary/aromatic N) is 1. The monoisotopic (exact) mass is 189 g/mol. The zero-order chi connectivity index (χ0) is 10.1. The summed E-state index contributed by atoms with van der Waals surface area (Å²) in [6, 6.07) is 0. The molecule has 3 nitrogen and oxygen atoms in total. The van der Waals surface area contributed by atoms with Crippen LogP contribution in [0.1, 0.15) is 20.3 Å². The highest BCUT2D eigenvalue weighted by atomic mass is 16.5. The fourth-order valence-electron chi connectivity index (χ4n) is 1.14. The Labute approximate surface area is 81.7 Å². The van der Waals surface area contributed by atoms with E-state index in [4.69, 9.17) is 9.84 Å². The van der Waals surface area contributed by atoms with Gasteiger partial charge in [0, 0.05) is 20.2 Å². The minimum atomic E-state index is 0.238. The topological polar surface area (TPSA) is 32.7 Å². The summed E-state index contributed by atoms with van der Waals surface area (Å²) in [4.78, 5) is 2.24. The lowest BCUT2D eigenvalue weighted by molar-refractivity contribution is 0.127. The third-order valence-corrected chi connectivity index (χ3v) is 2.05. The molecule has 0 atom stereocenters. The van der Waals surface area contributed by atoms with Crippen molar-refractivity contribution in [3.05, 3.63) is 0 Å². The van der Waals surface area contributed by atoms with E-state index in [1.54, 1.807) is 7.11 Å². The fourth-order valence-corrected chi connectivity index (χ4v) is 1.14. The van der Waals surface area contributed by atoms with Gasteiger partial charge in [0.15, 0.2) is 0 Å². The summed E-state index contributed by atoms with van der Waals surface area (Å²) >= 11 is 0. The minimum absolute atomic E-state index is 0.238. The van der Waals surface area contributed by atoms with Crippen LogP contribution in [-0.4, -0.2) is 50.0 Å². The molecule has 0 radical (unpaired) electrons. The number of aliphatic hydroxyl groups is 1. The van der Waals surface area contributed by atoms with Crippen molar-refractivity contribution in [1.82, 2.24) is 4.90 Å². The Morgan fingerprint density at radius 1 is 1.23 bits per heavy atom. The van der Waals surface area contributed by atoms with E-state index in [0.29, 0.717) is 0 Å². The van der Waals surface area contributed by atoms with Crippen LogP contribution in [0.3, 0.4) is 0 Å². The van der Waals surface area contributed by atoms with Crippen LogP contribution >= 0.6 is 0 Å². The van der Waals surface area contributed by atoms with Crippen LogP contribution in [0.4, 0.5) is 0 Å². The largest absolute Gasteiger partial charge is 0.395 e. The second-order valence-corrected chi connectivity index (χ2v) is 3.74. The van der Waals surface area contributed by atoms with E-state index in [9.17, 15) is 0 Å². The quantitative estimate of drug-likeness (QED) is 0.617. The van der Waals surface area contributed by atoms with Crippen molar-refractivity contribution in [2.24, 2.45) is 5.92 Å². The van der Waals surface area contributed by atoms with Crippen molar-refractivity contribution >= 4 is 0 Å². The first kappa shape index (κ1) is 12.9. The highest BCUT2D eigenvalue weighted by Gasteiger charge is 2.04. The number of aliphatic hydroxyl groups excluding tert-OH is 1. The molecule has 0 spiro atoms. The predicted molar refractivity (Wildman–Crippen MR) is 54.9 cm³/mol. The summed E-state index contributed by atoms with van der Waals surface area (Å²) in [6.07, 6.45) is 1.18. The predicted octanol–water partition coefficient (Wildman–Crippen LogP) is 0.973. The van der Waals surface area contributed by atoms with Gasteiger partial charge in [0.1, 0.15) is 0 Å². The Bertz CT molecular complexity index is 107. The Morgan fingerprint density at radius 2 is 1.92 bits per heavy atom. The highest BCUT2D eigenvalue weighted by Crippen LogP contribution is 2.01. The number of hydrogen-bond donors (Lipinski definition) is 1. The highest BCUT2D eigenvalue weighted by molar-refractivity contribution is 4.58. The van der Waals surface area contributed by atoms with Crippen molar-refractivity contribution in [3.63, 3.8) is 0 Å². The molecule has 1 N–H and O–H groups in total. The summed E-state index contributed by atoms with van der Waals surface area (Å²) in [7, 11) is 1.71. The molecule has 0 rings (SSSR count). The van der Waals surface area contributed by atoms with Gasteiger partial charge in [-0.1, -0.05) is 13.8 Å². The zero-order valence-electron chi connectivity index (χ0n) is 9.12. The first-order valence-corrected chi connectivity index (χ1v) is 5.02. The average Bonchev–Trinajstić information content (AvgIpc) is 2.09. The van der Waals surface area contributed by atoms with E-state index < -0.39 is 0 Å². The fraction of sp³-hybridized carbons (Fsp3) is 1.00. The van der Waals surface area contributed by atoms with Crippen LogP contribution in [0.5, 0.6) is 0 Å². The first-order valence-electron chi connectivity index (χ1n) is 5.02. The van der Waals surface area contributed by atoms with Crippen LogP contribution in [0.15, 0.2) is 0 Å². The van der Waals surface area contributed by atoms with Crippen LogP contribution in [0.2, 0.25) is 0 Å². The molecule has 3 heteroatoms. The lowest BCUT2D eigenvalue weighted by Crippen LogP contribution is -2.31. The molecule has 0 aliphatic carbocycles. The smallest absolute Gasteiger partial charge is 0.0589 e. The van der Waals surface area contributed by atoms with Crippen LogP contribution in [-0.2, 0) is 4.74 Å². The molecule has 13 heavy (non-hydrogen) atoms. The van der Waals surface area contributed by atoms with E-state index in [1.165, 1.54) is 6.42 Å². The summed E-state index contributed by atoms with van der Waals surface area (Å²) in [5, 5.41) is 8.82.